The molecular weight excluding hydrogens is 550 g/mol. The van der Waals surface area contributed by atoms with Crippen molar-refractivity contribution in [1.29, 1.82) is 0 Å². The van der Waals surface area contributed by atoms with E-state index in [0.29, 0.717) is 19.5 Å². The lowest BCUT2D eigenvalue weighted by Crippen LogP contribution is -2.50. The quantitative estimate of drug-likeness (QED) is 0.257. The highest BCUT2D eigenvalue weighted by Crippen LogP contribution is 2.27. The largest absolute Gasteiger partial charge is 0.457 e. The molecule has 0 aliphatic carbocycles. The van der Waals surface area contributed by atoms with E-state index < -0.39 is 36.0 Å². The number of esters is 1. The van der Waals surface area contributed by atoms with Gasteiger partial charge in [-0.05, 0) is 70.6 Å². The van der Waals surface area contributed by atoms with Gasteiger partial charge in [0.05, 0.1) is 12.5 Å². The molecule has 10 heteroatoms. The normalized spacial score (nSPS) is 31.7. The Morgan fingerprint density at radius 1 is 1.14 bits per heavy atom. The Balaban J connectivity index is 1.71. The summed E-state index contributed by atoms with van der Waals surface area (Å²) in [6, 6.07) is 0. The summed E-state index contributed by atoms with van der Waals surface area (Å²) in [5, 5.41) is 21.9. The molecule has 10 nitrogen and oxygen atoms in total. The maximum absolute atomic E-state index is 13.0. The summed E-state index contributed by atoms with van der Waals surface area (Å²) >= 11 is 0. The van der Waals surface area contributed by atoms with Crippen LogP contribution >= 0.6 is 0 Å². The van der Waals surface area contributed by atoms with Crippen LogP contribution in [-0.4, -0.2) is 113 Å². The second-order valence-electron chi connectivity index (χ2n) is 12.9. The second-order valence-corrected chi connectivity index (χ2v) is 12.9. The van der Waals surface area contributed by atoms with Crippen LogP contribution in [0.25, 0.3) is 0 Å². The predicted octanol–water partition coefficient (Wildman–Crippen LogP) is 3.68. The molecule has 0 aromatic heterocycles. The number of likely N-dealkylation sites (N-methyl/N-ethyl adjacent to an activating group) is 1. The highest BCUT2D eigenvalue weighted by Gasteiger charge is 2.36. The van der Waals surface area contributed by atoms with Gasteiger partial charge in [0.1, 0.15) is 11.7 Å². The summed E-state index contributed by atoms with van der Waals surface area (Å²) in [4.78, 5) is 43.9. The third-order valence-electron chi connectivity index (χ3n) is 8.83. The van der Waals surface area contributed by atoms with E-state index in [9.17, 15) is 24.6 Å². The number of likely N-dealkylation sites (tertiary alicyclic amines) is 1. The molecule has 2 N–H and O–H groups in total. The molecule has 2 saturated heterocycles. The van der Waals surface area contributed by atoms with Gasteiger partial charge >= 0.3 is 12.1 Å². The Hall–Kier alpha value is -2.69. The number of rotatable bonds is 7. The molecule has 242 valence electrons. The van der Waals surface area contributed by atoms with E-state index in [1.165, 1.54) is 0 Å². The Bertz CT molecular complexity index is 1030. The van der Waals surface area contributed by atoms with E-state index in [1.807, 2.05) is 50.1 Å². The fraction of sp³-hybridized carbons (Fsp3) is 0.727. The number of carbonyl (C=O) groups is 3. The summed E-state index contributed by atoms with van der Waals surface area (Å²) < 4.78 is 11.7. The lowest BCUT2D eigenvalue weighted by Gasteiger charge is -2.36. The van der Waals surface area contributed by atoms with Crippen LogP contribution in [0.4, 0.5) is 4.79 Å². The first-order valence-corrected chi connectivity index (χ1v) is 15.9. The molecule has 3 aliphatic rings. The summed E-state index contributed by atoms with van der Waals surface area (Å²) in [6.45, 7) is 11.8. The molecule has 0 unspecified atom stereocenters. The van der Waals surface area contributed by atoms with Crippen molar-refractivity contribution in [3.63, 3.8) is 0 Å². The van der Waals surface area contributed by atoms with E-state index in [1.54, 1.807) is 17.9 Å². The van der Waals surface area contributed by atoms with Crippen molar-refractivity contribution < 1.29 is 34.1 Å². The number of aliphatic hydroxyl groups excluding tert-OH is 1. The molecule has 43 heavy (non-hydrogen) atoms. The Kier molecular flexibility index (Phi) is 13.3. The van der Waals surface area contributed by atoms with Gasteiger partial charge in [-0.15, -0.1) is 0 Å². The molecule has 3 heterocycles. The Morgan fingerprint density at radius 2 is 1.81 bits per heavy atom. The van der Waals surface area contributed by atoms with Crippen LogP contribution in [0.5, 0.6) is 0 Å². The first-order chi connectivity index (χ1) is 20.4. The minimum absolute atomic E-state index is 0.135. The molecule has 0 radical (unpaired) electrons. The number of allylic oxidation sites excluding steroid dienone is 3. The number of carbonyl (C=O) groups excluding carboxylic acids is 3. The summed E-state index contributed by atoms with van der Waals surface area (Å²) in [6.07, 6.45) is 9.90. The molecular formula is C33H53N3O7. The zero-order valence-electron chi connectivity index (χ0n) is 26.7. The third kappa shape index (κ3) is 11.1. The van der Waals surface area contributed by atoms with Gasteiger partial charge in [0.2, 0.25) is 5.91 Å². The van der Waals surface area contributed by atoms with E-state index in [4.69, 9.17) is 9.47 Å². The van der Waals surface area contributed by atoms with Crippen molar-refractivity contribution in [2.24, 2.45) is 11.8 Å². The summed E-state index contributed by atoms with van der Waals surface area (Å²) in [5.74, 6) is -0.387. The van der Waals surface area contributed by atoms with Gasteiger partial charge in [0.25, 0.3) is 0 Å². The number of amides is 2. The monoisotopic (exact) mass is 603 g/mol. The number of ether oxygens (including phenoxy) is 2. The van der Waals surface area contributed by atoms with Gasteiger partial charge in [0.15, 0.2) is 6.10 Å². The van der Waals surface area contributed by atoms with Gasteiger partial charge in [-0.25, -0.2) is 4.79 Å². The smallest absolute Gasteiger partial charge is 0.410 e. The first-order valence-electron chi connectivity index (χ1n) is 15.9. The molecule has 0 bridgehead atoms. The fourth-order valence-corrected chi connectivity index (χ4v) is 5.69. The Morgan fingerprint density at radius 3 is 2.49 bits per heavy atom. The van der Waals surface area contributed by atoms with Crippen molar-refractivity contribution in [3.05, 3.63) is 36.0 Å². The third-order valence-corrected chi connectivity index (χ3v) is 8.83. The van der Waals surface area contributed by atoms with E-state index >= 15 is 0 Å². The van der Waals surface area contributed by atoms with E-state index in [-0.39, 0.29) is 37.0 Å². The zero-order chi connectivity index (χ0) is 31.6. The topological polar surface area (TPSA) is 120 Å². The van der Waals surface area contributed by atoms with Crippen LogP contribution in [0.3, 0.4) is 0 Å². The maximum Gasteiger partial charge on any atom is 0.410 e. The number of piperazine rings is 1. The predicted molar refractivity (Wildman–Crippen MR) is 165 cm³/mol. The standard InChI is InChI=1S/C33H53N3O7/c1-24(11-14-29(38)35-17-6-7-18-35)9-8-10-25(2)31-26(3)12-13-28(42-32(40)36-21-19-34(5)20-22-36)33(4,41)16-15-27(37)23-30(39)43-31/h8-10,12-13,24,26-28,31,37,41H,6-7,11,14-23H2,1-5H3/b9-8+,13-12+,25-10+/t24-,26+,27+,28-,31-,33+/m1/s1. The Labute approximate surface area is 257 Å². The molecule has 2 amide bonds. The molecule has 0 aromatic rings. The van der Waals surface area contributed by atoms with Crippen molar-refractivity contribution in [3.8, 4) is 0 Å². The summed E-state index contributed by atoms with van der Waals surface area (Å²) in [5.41, 5.74) is -0.635. The zero-order valence-corrected chi connectivity index (χ0v) is 26.7. The van der Waals surface area contributed by atoms with Gasteiger partial charge < -0.3 is 34.4 Å². The van der Waals surface area contributed by atoms with Crippen molar-refractivity contribution in [2.75, 3.05) is 46.3 Å². The molecule has 6 atom stereocenters. The van der Waals surface area contributed by atoms with Crippen LogP contribution in [0.15, 0.2) is 36.0 Å². The lowest BCUT2D eigenvalue weighted by atomic mass is 9.88. The van der Waals surface area contributed by atoms with Crippen molar-refractivity contribution in [1.82, 2.24) is 14.7 Å². The molecule has 0 saturated carbocycles. The average molecular weight is 604 g/mol. The second kappa shape index (κ2) is 16.4. The minimum atomic E-state index is -1.45. The number of hydrogen-bond donors (Lipinski definition) is 2. The van der Waals surface area contributed by atoms with Gasteiger partial charge in [-0.2, -0.15) is 0 Å². The van der Waals surface area contributed by atoms with Crippen molar-refractivity contribution >= 4 is 18.0 Å². The number of hydrogen-bond acceptors (Lipinski definition) is 8. The fourth-order valence-electron chi connectivity index (χ4n) is 5.69. The average Bonchev–Trinajstić information content (AvgIpc) is 3.50. The van der Waals surface area contributed by atoms with Gasteiger partial charge in [0, 0.05) is 51.6 Å². The maximum atomic E-state index is 13.0. The minimum Gasteiger partial charge on any atom is -0.457 e. The number of cyclic esters (lactones) is 1. The molecule has 3 rings (SSSR count). The lowest BCUT2D eigenvalue weighted by molar-refractivity contribution is -0.151. The van der Waals surface area contributed by atoms with Crippen LogP contribution in [-0.2, 0) is 19.1 Å². The highest BCUT2D eigenvalue weighted by atomic mass is 16.6. The van der Waals surface area contributed by atoms with Gasteiger partial charge in [-0.1, -0.05) is 38.2 Å². The van der Waals surface area contributed by atoms with Crippen LogP contribution in [0.1, 0.15) is 72.6 Å². The molecule has 2 fully saturated rings. The highest BCUT2D eigenvalue weighted by molar-refractivity contribution is 5.76. The van der Waals surface area contributed by atoms with E-state index in [2.05, 4.69) is 11.8 Å². The van der Waals surface area contributed by atoms with Crippen LogP contribution in [0, 0.1) is 11.8 Å². The van der Waals surface area contributed by atoms with Crippen molar-refractivity contribution in [2.45, 2.75) is 96.6 Å². The van der Waals surface area contributed by atoms with Crippen LogP contribution in [0.2, 0.25) is 0 Å². The SMILES string of the molecule is C/C(=C\C=C\[C@@H](C)CCC(=O)N1CCCC1)[C@H]1OC(=O)C[C@@H](O)CC[C@](C)(O)[C@H](OC(=O)N2CCN(C)CC2)/C=C/[C@@H]1C. The number of nitrogens with zero attached hydrogens (tertiary/aromatic N) is 3. The first kappa shape index (κ1) is 34.8. The molecule has 0 aromatic carbocycles. The van der Waals surface area contributed by atoms with Gasteiger partial charge in [-0.3, -0.25) is 9.59 Å². The van der Waals surface area contributed by atoms with E-state index in [0.717, 1.165) is 51.0 Å². The number of aliphatic hydroxyl groups is 2. The summed E-state index contributed by atoms with van der Waals surface area (Å²) in [7, 11) is 2.00. The molecule has 3 aliphatic heterocycles. The molecule has 0 spiro atoms. The van der Waals surface area contributed by atoms with Crippen LogP contribution < -0.4 is 0 Å².